The van der Waals surface area contributed by atoms with E-state index >= 15 is 0 Å². The Kier molecular flexibility index (Phi) is 5.01. The minimum atomic E-state index is 0.269. The molecule has 2 heterocycles. The first kappa shape index (κ1) is 16.1. The smallest absolute Gasteiger partial charge is 0.237 e. The zero-order valence-corrected chi connectivity index (χ0v) is 14.2. The summed E-state index contributed by atoms with van der Waals surface area (Å²) in [5.74, 6) is 0.269. The topological polar surface area (TPSA) is 26.8 Å². The van der Waals surface area contributed by atoms with Gasteiger partial charge in [-0.3, -0.25) is 9.69 Å². The molecule has 1 fully saturated rings. The lowest BCUT2D eigenvalue weighted by Gasteiger charge is -2.37. The molecule has 1 aromatic rings. The van der Waals surface area contributed by atoms with Crippen molar-refractivity contribution in [3.63, 3.8) is 0 Å². The first-order valence-corrected chi connectivity index (χ1v) is 8.67. The molecule has 0 spiro atoms. The molecule has 0 N–H and O–H groups in total. The molecule has 2 aliphatic heterocycles. The van der Waals surface area contributed by atoms with Crippen LogP contribution in [-0.4, -0.2) is 61.0 Å². The van der Waals surface area contributed by atoms with Gasteiger partial charge in [0.05, 0.1) is 12.6 Å². The van der Waals surface area contributed by atoms with E-state index < -0.39 is 0 Å². The van der Waals surface area contributed by atoms with Crippen LogP contribution in [0.5, 0.6) is 0 Å². The number of rotatable bonds is 4. The van der Waals surface area contributed by atoms with E-state index in [4.69, 9.17) is 0 Å². The van der Waals surface area contributed by atoms with E-state index in [0.717, 1.165) is 39.1 Å². The molecule has 0 bridgehead atoms. The summed E-state index contributed by atoms with van der Waals surface area (Å²) in [6.45, 7) is 9.50. The van der Waals surface area contributed by atoms with Crippen LogP contribution in [0.15, 0.2) is 36.4 Å². The lowest BCUT2D eigenvalue weighted by atomic mass is 10.2. The maximum atomic E-state index is 12.5. The van der Waals surface area contributed by atoms with Crippen LogP contribution in [0, 0.1) is 6.92 Å². The predicted octanol–water partition coefficient (Wildman–Crippen LogP) is 2.29. The summed E-state index contributed by atoms with van der Waals surface area (Å²) in [6, 6.07) is 8.97. The summed E-state index contributed by atoms with van der Waals surface area (Å²) >= 11 is 0. The third kappa shape index (κ3) is 3.75. The fraction of sp³-hybridized carbons (Fsp3) is 0.526. The van der Waals surface area contributed by atoms with Gasteiger partial charge in [-0.15, -0.1) is 0 Å². The molecule has 23 heavy (non-hydrogen) atoms. The third-order valence-electron chi connectivity index (χ3n) is 4.90. The van der Waals surface area contributed by atoms with Crippen molar-refractivity contribution in [2.45, 2.75) is 26.3 Å². The minimum Gasteiger partial charge on any atom is -0.369 e. The van der Waals surface area contributed by atoms with Crippen LogP contribution in [0.25, 0.3) is 0 Å². The van der Waals surface area contributed by atoms with E-state index in [-0.39, 0.29) is 5.91 Å². The number of hydrogen-bond acceptors (Lipinski definition) is 3. The van der Waals surface area contributed by atoms with Crippen LogP contribution in [-0.2, 0) is 4.79 Å². The van der Waals surface area contributed by atoms with E-state index in [9.17, 15) is 4.79 Å². The van der Waals surface area contributed by atoms with Gasteiger partial charge in [0, 0.05) is 38.4 Å². The summed E-state index contributed by atoms with van der Waals surface area (Å²) in [7, 11) is 0. The van der Waals surface area contributed by atoms with Crippen LogP contribution in [0.4, 0.5) is 5.69 Å². The van der Waals surface area contributed by atoms with Crippen LogP contribution in [0.3, 0.4) is 0 Å². The Hall–Kier alpha value is -1.81. The number of carbonyl (C=O) groups is 1. The highest BCUT2D eigenvalue weighted by molar-refractivity contribution is 5.79. The molecular formula is C19H27N3O. The van der Waals surface area contributed by atoms with Crippen LogP contribution in [0.2, 0.25) is 0 Å². The van der Waals surface area contributed by atoms with Crippen molar-refractivity contribution in [2.24, 2.45) is 0 Å². The highest BCUT2D eigenvalue weighted by Gasteiger charge is 2.26. The normalized spacial score (nSPS) is 21.9. The average molecular weight is 313 g/mol. The number of benzene rings is 1. The fourth-order valence-electron chi connectivity index (χ4n) is 3.48. The molecular weight excluding hydrogens is 286 g/mol. The van der Waals surface area contributed by atoms with Crippen molar-refractivity contribution >= 4 is 11.6 Å². The Labute approximate surface area is 139 Å². The number of anilines is 1. The van der Waals surface area contributed by atoms with E-state index in [1.54, 1.807) is 0 Å². The number of amides is 1. The standard InChI is InChI=1S/C19H27N3O/c1-3-17-8-5-9-22(17)19(23)15-20-10-12-21(13-11-20)18-7-4-6-16(2)14-18/h4-8,14,17H,3,9-13,15H2,1-2H3. The lowest BCUT2D eigenvalue weighted by molar-refractivity contribution is -0.132. The summed E-state index contributed by atoms with van der Waals surface area (Å²) in [5, 5.41) is 0. The molecule has 4 heteroatoms. The van der Waals surface area contributed by atoms with Crippen molar-refractivity contribution in [3.05, 3.63) is 42.0 Å². The SMILES string of the molecule is CCC1C=CCN1C(=O)CN1CCN(c2cccc(C)c2)CC1. The van der Waals surface area contributed by atoms with Gasteiger partial charge in [0.15, 0.2) is 0 Å². The van der Waals surface area contributed by atoms with Gasteiger partial charge >= 0.3 is 0 Å². The van der Waals surface area contributed by atoms with E-state index in [2.05, 4.69) is 60.1 Å². The van der Waals surface area contributed by atoms with Crippen molar-refractivity contribution in [3.8, 4) is 0 Å². The first-order chi connectivity index (χ1) is 11.2. The Morgan fingerprint density at radius 1 is 1.22 bits per heavy atom. The highest BCUT2D eigenvalue weighted by Crippen LogP contribution is 2.18. The monoisotopic (exact) mass is 313 g/mol. The van der Waals surface area contributed by atoms with Gasteiger partial charge in [0.1, 0.15) is 0 Å². The van der Waals surface area contributed by atoms with Crippen LogP contribution < -0.4 is 4.90 Å². The zero-order valence-electron chi connectivity index (χ0n) is 14.2. The summed E-state index contributed by atoms with van der Waals surface area (Å²) in [5.41, 5.74) is 2.60. The molecule has 3 rings (SSSR count). The van der Waals surface area contributed by atoms with Gasteiger partial charge in [-0.25, -0.2) is 0 Å². The molecule has 1 atom stereocenters. The second-order valence-electron chi connectivity index (χ2n) is 6.55. The van der Waals surface area contributed by atoms with Gasteiger partial charge in [-0.2, -0.15) is 0 Å². The van der Waals surface area contributed by atoms with E-state index in [1.807, 2.05) is 4.90 Å². The molecule has 0 aliphatic carbocycles. The van der Waals surface area contributed by atoms with Gasteiger partial charge in [0.2, 0.25) is 5.91 Å². The van der Waals surface area contributed by atoms with Gasteiger partial charge in [-0.1, -0.05) is 31.2 Å². The van der Waals surface area contributed by atoms with Crippen molar-refractivity contribution in [1.29, 1.82) is 0 Å². The molecule has 2 aliphatic rings. The van der Waals surface area contributed by atoms with Gasteiger partial charge in [-0.05, 0) is 31.0 Å². The predicted molar refractivity (Wildman–Crippen MR) is 94.8 cm³/mol. The average Bonchev–Trinajstić information content (AvgIpc) is 3.04. The number of carbonyl (C=O) groups excluding carboxylic acids is 1. The second-order valence-corrected chi connectivity index (χ2v) is 6.55. The third-order valence-corrected chi connectivity index (χ3v) is 4.90. The molecule has 124 valence electrons. The molecule has 0 radical (unpaired) electrons. The molecule has 1 amide bonds. The largest absolute Gasteiger partial charge is 0.369 e. The van der Waals surface area contributed by atoms with E-state index in [0.29, 0.717) is 12.6 Å². The molecule has 4 nitrogen and oxygen atoms in total. The maximum absolute atomic E-state index is 12.5. The van der Waals surface area contributed by atoms with Crippen molar-refractivity contribution in [2.75, 3.05) is 44.2 Å². The fourth-order valence-corrected chi connectivity index (χ4v) is 3.48. The number of nitrogens with zero attached hydrogens (tertiary/aromatic N) is 3. The minimum absolute atomic E-state index is 0.269. The zero-order chi connectivity index (χ0) is 16.2. The van der Waals surface area contributed by atoms with E-state index in [1.165, 1.54) is 11.3 Å². The molecule has 1 aromatic carbocycles. The number of aryl methyl sites for hydroxylation is 1. The molecule has 0 saturated carbocycles. The summed E-state index contributed by atoms with van der Waals surface area (Å²) < 4.78 is 0. The lowest BCUT2D eigenvalue weighted by Crippen LogP contribution is -2.50. The van der Waals surface area contributed by atoms with Crippen LogP contribution >= 0.6 is 0 Å². The molecule has 1 unspecified atom stereocenters. The Balaban J connectivity index is 1.50. The summed E-state index contributed by atoms with van der Waals surface area (Å²) in [6.07, 6.45) is 5.28. The molecule has 0 aromatic heterocycles. The summed E-state index contributed by atoms with van der Waals surface area (Å²) in [4.78, 5) is 19.2. The molecule has 1 saturated heterocycles. The number of piperazine rings is 1. The maximum Gasteiger partial charge on any atom is 0.237 e. The highest BCUT2D eigenvalue weighted by atomic mass is 16.2. The first-order valence-electron chi connectivity index (χ1n) is 8.67. The Morgan fingerprint density at radius 2 is 2.00 bits per heavy atom. The quantitative estimate of drug-likeness (QED) is 0.798. The van der Waals surface area contributed by atoms with Gasteiger partial charge in [0.25, 0.3) is 0 Å². The Morgan fingerprint density at radius 3 is 2.70 bits per heavy atom. The van der Waals surface area contributed by atoms with Crippen LogP contribution in [0.1, 0.15) is 18.9 Å². The Bertz CT molecular complexity index is 576. The van der Waals surface area contributed by atoms with Gasteiger partial charge < -0.3 is 9.80 Å². The second kappa shape index (κ2) is 7.18. The van der Waals surface area contributed by atoms with Crippen molar-refractivity contribution in [1.82, 2.24) is 9.80 Å². The van der Waals surface area contributed by atoms with Crippen molar-refractivity contribution < 1.29 is 4.79 Å². The number of hydrogen-bond donors (Lipinski definition) is 0.